The van der Waals surface area contributed by atoms with Crippen molar-refractivity contribution in [2.45, 2.75) is 44.6 Å². The van der Waals surface area contributed by atoms with Crippen LogP contribution in [0.5, 0.6) is 0 Å². The van der Waals surface area contributed by atoms with Gasteiger partial charge in [-0.15, -0.1) is 0 Å². The minimum absolute atomic E-state index is 0.564. The Kier molecular flexibility index (Phi) is 2.89. The van der Waals surface area contributed by atoms with Gasteiger partial charge in [-0.1, -0.05) is 13.3 Å². The first kappa shape index (κ1) is 9.47. The lowest BCUT2D eigenvalue weighted by atomic mass is 9.85. The Hall–Kier alpha value is -0.0800. The van der Waals surface area contributed by atoms with Crippen LogP contribution >= 0.6 is 0 Å². The molecule has 0 bridgehead atoms. The van der Waals surface area contributed by atoms with Gasteiger partial charge in [0, 0.05) is 12.1 Å². The number of hydrogen-bond acceptors (Lipinski definition) is 2. The maximum Gasteiger partial charge on any atom is 0.0346 e. The molecule has 0 aromatic carbocycles. The molecule has 76 valence electrons. The molecule has 0 saturated carbocycles. The summed E-state index contributed by atoms with van der Waals surface area (Å²) in [7, 11) is 0. The normalized spacial score (nSPS) is 35.8. The van der Waals surface area contributed by atoms with Crippen LogP contribution in [0.1, 0.15) is 39.0 Å². The van der Waals surface area contributed by atoms with Crippen LogP contribution in [0.4, 0.5) is 0 Å². The Balaban J connectivity index is 2.03. The molecule has 2 aliphatic rings. The van der Waals surface area contributed by atoms with Crippen LogP contribution in [-0.4, -0.2) is 36.6 Å². The quantitative estimate of drug-likeness (QED) is 0.698. The van der Waals surface area contributed by atoms with Gasteiger partial charge in [0.1, 0.15) is 0 Å². The molecule has 1 spiro atoms. The van der Waals surface area contributed by atoms with Crippen molar-refractivity contribution in [2.75, 3.05) is 26.2 Å². The standard InChI is InChI=1S/C11H22N2/c1-2-8-13-9-4-3-5-11(13)6-7-12-10-11/h12H,2-10H2,1H3. The molecule has 0 radical (unpaired) electrons. The van der Waals surface area contributed by atoms with Gasteiger partial charge in [-0.3, -0.25) is 4.90 Å². The van der Waals surface area contributed by atoms with Gasteiger partial charge in [-0.05, 0) is 45.3 Å². The summed E-state index contributed by atoms with van der Waals surface area (Å²) in [6.07, 6.45) is 6.98. The summed E-state index contributed by atoms with van der Waals surface area (Å²) in [5.74, 6) is 0. The van der Waals surface area contributed by atoms with Gasteiger partial charge in [0.15, 0.2) is 0 Å². The fourth-order valence-corrected chi connectivity index (χ4v) is 2.98. The van der Waals surface area contributed by atoms with Gasteiger partial charge in [0.25, 0.3) is 0 Å². The first-order valence-electron chi connectivity index (χ1n) is 5.83. The van der Waals surface area contributed by atoms with E-state index in [0.29, 0.717) is 5.54 Å². The maximum atomic E-state index is 3.53. The van der Waals surface area contributed by atoms with E-state index in [9.17, 15) is 0 Å². The number of hydrogen-bond donors (Lipinski definition) is 1. The lowest BCUT2D eigenvalue weighted by Crippen LogP contribution is -2.53. The average Bonchev–Trinajstić information content (AvgIpc) is 2.59. The van der Waals surface area contributed by atoms with Crippen molar-refractivity contribution in [2.24, 2.45) is 0 Å². The topological polar surface area (TPSA) is 15.3 Å². The predicted molar refractivity (Wildman–Crippen MR) is 55.9 cm³/mol. The lowest BCUT2D eigenvalue weighted by Gasteiger charge is -2.44. The Labute approximate surface area is 81.7 Å². The second-order valence-electron chi connectivity index (χ2n) is 4.60. The summed E-state index contributed by atoms with van der Waals surface area (Å²) >= 11 is 0. The highest BCUT2D eigenvalue weighted by molar-refractivity contribution is 4.99. The molecule has 2 nitrogen and oxygen atoms in total. The van der Waals surface area contributed by atoms with Gasteiger partial charge in [-0.2, -0.15) is 0 Å². The van der Waals surface area contributed by atoms with Crippen LogP contribution in [0.2, 0.25) is 0 Å². The summed E-state index contributed by atoms with van der Waals surface area (Å²) in [6, 6.07) is 0. The molecule has 2 heteroatoms. The molecule has 1 N–H and O–H groups in total. The second kappa shape index (κ2) is 3.97. The number of likely N-dealkylation sites (tertiary alicyclic amines) is 1. The van der Waals surface area contributed by atoms with E-state index in [4.69, 9.17) is 0 Å². The molecular weight excluding hydrogens is 160 g/mol. The van der Waals surface area contributed by atoms with Crippen molar-refractivity contribution in [3.63, 3.8) is 0 Å². The van der Waals surface area contributed by atoms with E-state index in [1.807, 2.05) is 0 Å². The summed E-state index contributed by atoms with van der Waals surface area (Å²) in [5.41, 5.74) is 0.564. The van der Waals surface area contributed by atoms with Crippen molar-refractivity contribution in [1.29, 1.82) is 0 Å². The van der Waals surface area contributed by atoms with Crippen LogP contribution in [-0.2, 0) is 0 Å². The molecule has 2 heterocycles. The van der Waals surface area contributed by atoms with Crippen molar-refractivity contribution in [3.8, 4) is 0 Å². The smallest absolute Gasteiger partial charge is 0.0346 e. The molecule has 2 rings (SSSR count). The molecule has 2 fully saturated rings. The van der Waals surface area contributed by atoms with Gasteiger partial charge >= 0.3 is 0 Å². The van der Waals surface area contributed by atoms with E-state index in [1.165, 1.54) is 58.3 Å². The van der Waals surface area contributed by atoms with E-state index in [2.05, 4.69) is 17.1 Å². The Bertz CT molecular complexity index is 159. The summed E-state index contributed by atoms with van der Waals surface area (Å²) in [6.45, 7) is 7.43. The fraction of sp³-hybridized carbons (Fsp3) is 1.00. The zero-order valence-corrected chi connectivity index (χ0v) is 8.81. The summed E-state index contributed by atoms with van der Waals surface area (Å²) in [5, 5.41) is 3.53. The molecule has 0 aliphatic carbocycles. The SMILES string of the molecule is CCCN1CCCCC12CCNC2. The Morgan fingerprint density at radius 2 is 2.23 bits per heavy atom. The minimum atomic E-state index is 0.564. The Morgan fingerprint density at radius 1 is 1.31 bits per heavy atom. The van der Waals surface area contributed by atoms with Crippen LogP contribution in [0.3, 0.4) is 0 Å². The summed E-state index contributed by atoms with van der Waals surface area (Å²) < 4.78 is 0. The number of rotatable bonds is 2. The minimum Gasteiger partial charge on any atom is -0.315 e. The van der Waals surface area contributed by atoms with E-state index in [-0.39, 0.29) is 0 Å². The zero-order chi connectivity index (χ0) is 9.15. The molecule has 0 aromatic rings. The van der Waals surface area contributed by atoms with Crippen molar-refractivity contribution in [1.82, 2.24) is 10.2 Å². The molecule has 1 unspecified atom stereocenters. The second-order valence-corrected chi connectivity index (χ2v) is 4.60. The highest BCUT2D eigenvalue weighted by Crippen LogP contribution is 2.33. The van der Waals surface area contributed by atoms with Gasteiger partial charge < -0.3 is 5.32 Å². The van der Waals surface area contributed by atoms with Crippen LogP contribution < -0.4 is 5.32 Å². The van der Waals surface area contributed by atoms with E-state index in [0.717, 1.165) is 0 Å². The van der Waals surface area contributed by atoms with Gasteiger partial charge in [0.2, 0.25) is 0 Å². The molecule has 2 aliphatic heterocycles. The van der Waals surface area contributed by atoms with Crippen molar-refractivity contribution in [3.05, 3.63) is 0 Å². The predicted octanol–water partition coefficient (Wildman–Crippen LogP) is 1.61. The summed E-state index contributed by atoms with van der Waals surface area (Å²) in [4.78, 5) is 2.75. The molecular formula is C11H22N2. The first-order chi connectivity index (χ1) is 6.37. The fourth-order valence-electron chi connectivity index (χ4n) is 2.98. The lowest BCUT2D eigenvalue weighted by molar-refractivity contribution is 0.0625. The highest BCUT2D eigenvalue weighted by Gasteiger charge is 2.40. The van der Waals surface area contributed by atoms with Gasteiger partial charge in [-0.25, -0.2) is 0 Å². The number of nitrogens with zero attached hydrogens (tertiary/aromatic N) is 1. The maximum absolute atomic E-state index is 3.53. The molecule has 13 heavy (non-hydrogen) atoms. The van der Waals surface area contributed by atoms with Crippen molar-refractivity contribution < 1.29 is 0 Å². The molecule has 2 saturated heterocycles. The monoisotopic (exact) mass is 182 g/mol. The van der Waals surface area contributed by atoms with Crippen LogP contribution in [0.15, 0.2) is 0 Å². The third kappa shape index (κ3) is 1.75. The van der Waals surface area contributed by atoms with E-state index in [1.54, 1.807) is 0 Å². The van der Waals surface area contributed by atoms with E-state index >= 15 is 0 Å². The van der Waals surface area contributed by atoms with E-state index < -0.39 is 0 Å². The van der Waals surface area contributed by atoms with Crippen LogP contribution in [0, 0.1) is 0 Å². The number of piperidine rings is 1. The molecule has 1 atom stereocenters. The highest BCUT2D eigenvalue weighted by atomic mass is 15.2. The largest absolute Gasteiger partial charge is 0.315 e. The Morgan fingerprint density at radius 3 is 2.92 bits per heavy atom. The van der Waals surface area contributed by atoms with Crippen LogP contribution in [0.25, 0.3) is 0 Å². The molecule has 0 amide bonds. The first-order valence-corrected chi connectivity index (χ1v) is 5.83. The van der Waals surface area contributed by atoms with Gasteiger partial charge in [0.05, 0.1) is 0 Å². The zero-order valence-electron chi connectivity index (χ0n) is 8.81. The third-order valence-electron chi connectivity index (χ3n) is 3.71. The third-order valence-corrected chi connectivity index (χ3v) is 3.71. The number of nitrogens with one attached hydrogen (secondary N) is 1. The molecule has 0 aromatic heterocycles. The average molecular weight is 182 g/mol. The van der Waals surface area contributed by atoms with Crippen molar-refractivity contribution >= 4 is 0 Å².